The van der Waals surface area contributed by atoms with E-state index in [9.17, 15) is 25.3 Å². The zero-order valence-electron chi connectivity index (χ0n) is 14.1. The third-order valence-corrected chi connectivity index (χ3v) is 4.72. The van der Waals surface area contributed by atoms with Gasteiger partial charge in [0, 0.05) is 11.0 Å². The fraction of sp³-hybridized carbons (Fsp3) is 0.538. The first-order chi connectivity index (χ1) is 11.0. The molecule has 144 valence electrons. The Balaban J connectivity index is 3.41. The van der Waals surface area contributed by atoms with Crippen molar-refractivity contribution in [3.8, 4) is 5.75 Å². The summed E-state index contributed by atoms with van der Waals surface area (Å²) < 4.78 is 86.0. The van der Waals surface area contributed by atoms with Crippen LogP contribution in [0.25, 0.3) is 0 Å². The molecule has 0 spiro atoms. The van der Waals surface area contributed by atoms with Gasteiger partial charge in [-0.2, -0.15) is 25.3 Å². The second-order valence-electron chi connectivity index (χ2n) is 6.19. The Morgan fingerprint density at radius 3 is 2.00 bits per heavy atom. The molecule has 1 aromatic rings. The van der Waals surface area contributed by atoms with Crippen LogP contribution in [0.15, 0.2) is 18.2 Å². The van der Waals surface area contributed by atoms with Crippen molar-refractivity contribution in [3.63, 3.8) is 0 Å². The van der Waals surface area contributed by atoms with Gasteiger partial charge in [-0.25, -0.2) is 0 Å². The molecule has 0 atom stereocenters. The van der Waals surface area contributed by atoms with Crippen LogP contribution in [0.5, 0.6) is 5.75 Å². The SMILES string of the molecule is CC(C)(COS(C)(=O)=O)c1cc(CS(=O)(=O)O)ccc1OS(C)(=O)=O. The third-order valence-electron chi connectivity index (χ3n) is 3.00. The Hall–Kier alpha value is -1.21. The molecule has 0 aromatic heterocycles. The van der Waals surface area contributed by atoms with E-state index in [0.29, 0.717) is 0 Å². The Morgan fingerprint density at radius 1 is 1.00 bits per heavy atom. The van der Waals surface area contributed by atoms with Gasteiger partial charge in [0.05, 0.1) is 19.1 Å². The van der Waals surface area contributed by atoms with Crippen molar-refractivity contribution in [1.29, 1.82) is 0 Å². The monoisotopic (exact) mass is 416 g/mol. The van der Waals surface area contributed by atoms with Gasteiger partial charge in [0.25, 0.3) is 20.2 Å². The lowest BCUT2D eigenvalue weighted by atomic mass is 9.84. The molecule has 1 N–H and O–H groups in total. The smallest absolute Gasteiger partial charge is 0.306 e. The van der Waals surface area contributed by atoms with E-state index >= 15 is 0 Å². The fourth-order valence-electron chi connectivity index (χ4n) is 1.97. The number of hydrogen-bond acceptors (Lipinski definition) is 8. The molecular formula is C13H20O9S3. The summed E-state index contributed by atoms with van der Waals surface area (Å²) in [5.74, 6) is -0.786. The molecule has 0 unspecified atom stereocenters. The Morgan fingerprint density at radius 2 is 1.56 bits per heavy atom. The van der Waals surface area contributed by atoms with Crippen LogP contribution in [0.4, 0.5) is 0 Å². The largest absolute Gasteiger partial charge is 0.382 e. The predicted molar refractivity (Wildman–Crippen MR) is 91.0 cm³/mol. The number of benzene rings is 1. The average molecular weight is 416 g/mol. The molecule has 0 saturated carbocycles. The fourth-order valence-corrected chi connectivity index (χ4v) is 3.56. The third kappa shape index (κ3) is 8.14. The first-order valence-corrected chi connectivity index (χ1v) is 12.1. The zero-order chi connectivity index (χ0) is 19.7. The lowest BCUT2D eigenvalue weighted by molar-refractivity contribution is 0.246. The van der Waals surface area contributed by atoms with Crippen LogP contribution in [0.2, 0.25) is 0 Å². The summed E-state index contributed by atoms with van der Waals surface area (Å²) in [4.78, 5) is 0. The van der Waals surface area contributed by atoms with Crippen molar-refractivity contribution in [1.82, 2.24) is 0 Å². The van der Waals surface area contributed by atoms with Crippen LogP contribution < -0.4 is 4.18 Å². The summed E-state index contributed by atoms with van der Waals surface area (Å²) in [6.07, 6.45) is 1.70. The van der Waals surface area contributed by atoms with Gasteiger partial charge in [-0.1, -0.05) is 26.0 Å². The summed E-state index contributed by atoms with van der Waals surface area (Å²) in [5, 5.41) is 0. The lowest BCUT2D eigenvalue weighted by Gasteiger charge is -2.27. The van der Waals surface area contributed by atoms with E-state index in [0.717, 1.165) is 12.5 Å². The minimum Gasteiger partial charge on any atom is -0.382 e. The molecule has 12 heteroatoms. The van der Waals surface area contributed by atoms with Crippen LogP contribution in [-0.4, -0.2) is 48.9 Å². The van der Waals surface area contributed by atoms with Gasteiger partial charge in [-0.05, 0) is 11.6 Å². The summed E-state index contributed by atoms with van der Waals surface area (Å²) in [7, 11) is -11.9. The Kier molecular flexibility index (Phi) is 6.28. The maximum Gasteiger partial charge on any atom is 0.306 e. The van der Waals surface area contributed by atoms with E-state index in [2.05, 4.69) is 0 Å². The standard InChI is InChI=1S/C13H20O9S3/c1-13(2,9-21-23(3,14)15)11-7-10(8-25(18,19)20)5-6-12(11)22-24(4,16)17/h5-7H,8-9H2,1-4H3,(H,18,19,20). The molecule has 9 nitrogen and oxygen atoms in total. The maximum absolute atomic E-state index is 11.4. The molecule has 1 rings (SSSR count). The van der Waals surface area contributed by atoms with Crippen LogP contribution >= 0.6 is 0 Å². The van der Waals surface area contributed by atoms with Gasteiger partial charge in [0.15, 0.2) is 0 Å². The van der Waals surface area contributed by atoms with Crippen LogP contribution in [0.1, 0.15) is 25.0 Å². The molecule has 0 bridgehead atoms. The van der Waals surface area contributed by atoms with Gasteiger partial charge in [-0.3, -0.25) is 8.74 Å². The van der Waals surface area contributed by atoms with Crippen molar-refractivity contribution < 1.29 is 38.2 Å². The summed E-state index contributed by atoms with van der Waals surface area (Å²) >= 11 is 0. The van der Waals surface area contributed by atoms with E-state index in [1.807, 2.05) is 0 Å². The van der Waals surface area contributed by atoms with Gasteiger partial charge >= 0.3 is 10.1 Å². The van der Waals surface area contributed by atoms with Gasteiger partial charge < -0.3 is 4.18 Å². The number of rotatable bonds is 8. The molecule has 25 heavy (non-hydrogen) atoms. The van der Waals surface area contributed by atoms with Crippen molar-refractivity contribution in [3.05, 3.63) is 29.3 Å². The molecule has 0 aliphatic carbocycles. The molecule has 0 amide bonds. The average Bonchev–Trinajstić information content (AvgIpc) is 2.34. The van der Waals surface area contributed by atoms with Gasteiger partial charge in [0.1, 0.15) is 11.5 Å². The van der Waals surface area contributed by atoms with E-state index < -0.39 is 41.5 Å². The topological polar surface area (TPSA) is 141 Å². The van der Waals surface area contributed by atoms with Crippen molar-refractivity contribution in [2.45, 2.75) is 25.0 Å². The molecule has 0 aliphatic rings. The molecule has 0 saturated heterocycles. The predicted octanol–water partition coefficient (Wildman–Crippen LogP) is 0.667. The highest BCUT2D eigenvalue weighted by molar-refractivity contribution is 7.86. The maximum atomic E-state index is 11.4. The second kappa shape index (κ2) is 7.19. The normalized spacial score (nSPS) is 13.6. The molecular weight excluding hydrogens is 396 g/mol. The second-order valence-corrected chi connectivity index (χ2v) is 10.9. The van der Waals surface area contributed by atoms with Gasteiger partial charge in [0.2, 0.25) is 0 Å². The first-order valence-electron chi connectivity index (χ1n) is 6.81. The highest BCUT2D eigenvalue weighted by Crippen LogP contribution is 2.34. The van der Waals surface area contributed by atoms with E-state index in [1.54, 1.807) is 13.8 Å². The minimum absolute atomic E-state index is 0.0938. The Bertz CT molecular complexity index is 942. The van der Waals surface area contributed by atoms with Crippen LogP contribution in [-0.2, 0) is 45.7 Å². The van der Waals surface area contributed by atoms with Crippen molar-refractivity contribution in [2.24, 2.45) is 0 Å². The molecule has 0 heterocycles. The summed E-state index contributed by atoms with van der Waals surface area (Å²) in [6, 6.07) is 3.84. The summed E-state index contributed by atoms with van der Waals surface area (Å²) in [5.41, 5.74) is -0.660. The number of hydrogen-bond donors (Lipinski definition) is 1. The highest BCUT2D eigenvalue weighted by Gasteiger charge is 2.29. The van der Waals surface area contributed by atoms with Crippen LogP contribution in [0, 0.1) is 0 Å². The molecule has 0 radical (unpaired) electrons. The van der Waals surface area contributed by atoms with Crippen molar-refractivity contribution >= 4 is 30.4 Å². The molecule has 1 aromatic carbocycles. The molecule has 0 aliphatic heterocycles. The van der Waals surface area contributed by atoms with E-state index in [1.165, 1.54) is 18.2 Å². The lowest BCUT2D eigenvalue weighted by Crippen LogP contribution is -2.27. The first kappa shape index (κ1) is 21.8. The molecule has 0 fully saturated rings. The zero-order valence-corrected chi connectivity index (χ0v) is 16.5. The quantitative estimate of drug-likeness (QED) is 0.478. The van der Waals surface area contributed by atoms with E-state index in [-0.39, 0.29) is 23.5 Å². The van der Waals surface area contributed by atoms with Gasteiger partial charge in [-0.15, -0.1) is 0 Å². The van der Waals surface area contributed by atoms with E-state index in [4.69, 9.17) is 12.9 Å². The van der Waals surface area contributed by atoms with Crippen LogP contribution in [0.3, 0.4) is 0 Å². The highest BCUT2D eigenvalue weighted by atomic mass is 32.2. The summed E-state index contributed by atoms with van der Waals surface area (Å²) in [6.45, 7) is 2.81. The Labute approximate surface area is 148 Å². The minimum atomic E-state index is -4.31. The van der Waals surface area contributed by atoms with Crippen molar-refractivity contribution in [2.75, 3.05) is 19.1 Å².